The number of carboxylic acid groups (broad SMARTS) is 1. The van der Waals surface area contributed by atoms with Gasteiger partial charge in [0.2, 0.25) is 0 Å². The number of rotatable bonds is 4. The molecule has 3 nitrogen and oxygen atoms in total. The Balaban J connectivity index is 2.17. The van der Waals surface area contributed by atoms with Crippen molar-refractivity contribution < 1.29 is 14.3 Å². The van der Waals surface area contributed by atoms with E-state index in [1.54, 1.807) is 11.3 Å². The normalized spacial score (nSPS) is 12.2. The van der Waals surface area contributed by atoms with Crippen LogP contribution in [0.2, 0.25) is 0 Å². The predicted octanol–water partition coefficient (Wildman–Crippen LogP) is 4.07. The minimum absolute atomic E-state index is 0.0242. The molecule has 0 aliphatic heterocycles. The number of aromatic carboxylic acids is 1. The van der Waals surface area contributed by atoms with Crippen LogP contribution in [-0.4, -0.2) is 11.1 Å². The van der Waals surface area contributed by atoms with Crippen LogP contribution >= 0.6 is 11.3 Å². The topological polar surface area (TPSA) is 49.3 Å². The second kappa shape index (κ2) is 5.40. The Bertz CT molecular complexity index is 609. The van der Waals surface area contributed by atoms with E-state index in [0.717, 1.165) is 10.9 Å². The number of hydrogen-bond acceptors (Lipinski definition) is 3. The maximum absolute atomic E-state index is 13.8. The fraction of sp³-hybridized carbons (Fsp3) is 0.214. The van der Waals surface area contributed by atoms with Gasteiger partial charge in [-0.2, -0.15) is 0 Å². The fourth-order valence-electron chi connectivity index (χ4n) is 1.76. The average molecular weight is 279 g/mol. The van der Waals surface area contributed by atoms with Gasteiger partial charge in [0.15, 0.2) is 0 Å². The summed E-state index contributed by atoms with van der Waals surface area (Å²) >= 11 is 1.65. The molecule has 0 spiro atoms. The molecule has 100 valence electrons. The first-order valence-electron chi connectivity index (χ1n) is 5.83. The standard InChI is InChI=1S/C14H14FNO2S/c1-8-3-6-13(19-8)9(2)16-12-5-4-10(14(17)18)7-11(12)15/h3-7,9,16H,1-2H3,(H,17,18). The monoisotopic (exact) mass is 279 g/mol. The van der Waals surface area contributed by atoms with E-state index in [4.69, 9.17) is 5.11 Å². The molecule has 0 saturated carbocycles. The maximum Gasteiger partial charge on any atom is 0.335 e. The van der Waals surface area contributed by atoms with E-state index < -0.39 is 11.8 Å². The smallest absolute Gasteiger partial charge is 0.335 e. The molecule has 0 fully saturated rings. The lowest BCUT2D eigenvalue weighted by Gasteiger charge is -2.14. The SMILES string of the molecule is Cc1ccc(C(C)Nc2ccc(C(=O)O)cc2F)s1. The first-order valence-corrected chi connectivity index (χ1v) is 6.64. The number of nitrogens with one attached hydrogen (secondary N) is 1. The van der Waals surface area contributed by atoms with Gasteiger partial charge < -0.3 is 10.4 Å². The first kappa shape index (κ1) is 13.5. The van der Waals surface area contributed by atoms with Gasteiger partial charge >= 0.3 is 5.97 Å². The summed E-state index contributed by atoms with van der Waals surface area (Å²) in [7, 11) is 0. The Hall–Kier alpha value is -1.88. The van der Waals surface area contributed by atoms with Gasteiger partial charge in [-0.3, -0.25) is 0 Å². The van der Waals surface area contributed by atoms with Crippen LogP contribution in [0.15, 0.2) is 30.3 Å². The summed E-state index contributed by atoms with van der Waals surface area (Å²) in [6.45, 7) is 3.96. The summed E-state index contributed by atoms with van der Waals surface area (Å²) < 4.78 is 13.8. The van der Waals surface area contributed by atoms with Crippen molar-refractivity contribution in [3.8, 4) is 0 Å². The molecule has 1 atom stereocenters. The van der Waals surface area contributed by atoms with Gasteiger partial charge in [0.25, 0.3) is 0 Å². The van der Waals surface area contributed by atoms with Gasteiger partial charge in [-0.1, -0.05) is 0 Å². The Morgan fingerprint density at radius 1 is 1.37 bits per heavy atom. The zero-order chi connectivity index (χ0) is 14.0. The van der Waals surface area contributed by atoms with E-state index in [2.05, 4.69) is 5.32 Å². The molecule has 2 rings (SSSR count). The van der Waals surface area contributed by atoms with Crippen LogP contribution in [0.3, 0.4) is 0 Å². The Morgan fingerprint density at radius 3 is 2.63 bits per heavy atom. The number of carbonyl (C=O) groups is 1. The Kier molecular flexibility index (Phi) is 3.85. The van der Waals surface area contributed by atoms with Gasteiger partial charge in [0.05, 0.1) is 17.3 Å². The van der Waals surface area contributed by atoms with Crippen molar-refractivity contribution in [3.63, 3.8) is 0 Å². The quantitative estimate of drug-likeness (QED) is 0.887. The number of aryl methyl sites for hydroxylation is 1. The molecule has 0 aliphatic rings. The van der Waals surface area contributed by atoms with Crippen molar-refractivity contribution in [1.82, 2.24) is 0 Å². The van der Waals surface area contributed by atoms with E-state index in [9.17, 15) is 9.18 Å². The maximum atomic E-state index is 13.8. The molecule has 0 saturated heterocycles. The second-order valence-electron chi connectivity index (χ2n) is 4.31. The third-order valence-corrected chi connectivity index (χ3v) is 3.96. The van der Waals surface area contributed by atoms with Gasteiger partial charge in [0, 0.05) is 9.75 Å². The number of carboxylic acids is 1. The van der Waals surface area contributed by atoms with Gasteiger partial charge in [-0.05, 0) is 44.2 Å². The number of hydrogen-bond donors (Lipinski definition) is 2. The van der Waals surface area contributed by atoms with E-state index in [1.165, 1.54) is 17.0 Å². The Morgan fingerprint density at radius 2 is 2.11 bits per heavy atom. The summed E-state index contributed by atoms with van der Waals surface area (Å²) in [5.41, 5.74) is 0.256. The van der Waals surface area contributed by atoms with Crippen molar-refractivity contribution in [2.45, 2.75) is 19.9 Å². The molecular weight excluding hydrogens is 265 g/mol. The molecule has 0 aliphatic carbocycles. The predicted molar refractivity (Wildman–Crippen MR) is 74.5 cm³/mol. The van der Waals surface area contributed by atoms with Gasteiger partial charge in [-0.25, -0.2) is 9.18 Å². The molecule has 2 aromatic rings. The van der Waals surface area contributed by atoms with Crippen molar-refractivity contribution in [3.05, 3.63) is 51.5 Å². The minimum Gasteiger partial charge on any atom is -0.478 e. The summed E-state index contributed by atoms with van der Waals surface area (Å²) in [6.07, 6.45) is 0. The zero-order valence-electron chi connectivity index (χ0n) is 10.6. The van der Waals surface area contributed by atoms with Crippen molar-refractivity contribution in [2.24, 2.45) is 0 Å². The van der Waals surface area contributed by atoms with E-state index >= 15 is 0 Å². The Labute approximate surface area is 114 Å². The summed E-state index contributed by atoms with van der Waals surface area (Å²) in [5, 5.41) is 11.8. The van der Waals surface area contributed by atoms with Gasteiger partial charge in [-0.15, -0.1) is 11.3 Å². The molecule has 1 aromatic heterocycles. The summed E-state index contributed by atoms with van der Waals surface area (Å²) in [4.78, 5) is 13.0. The number of thiophene rings is 1. The van der Waals surface area contributed by atoms with E-state index in [-0.39, 0.29) is 11.6 Å². The molecule has 2 N–H and O–H groups in total. The third-order valence-electron chi connectivity index (χ3n) is 2.78. The minimum atomic E-state index is -1.13. The van der Waals surface area contributed by atoms with Crippen LogP contribution in [0.25, 0.3) is 0 Å². The van der Waals surface area contributed by atoms with E-state index in [0.29, 0.717) is 5.69 Å². The highest BCUT2D eigenvalue weighted by Crippen LogP contribution is 2.27. The molecule has 0 amide bonds. The molecular formula is C14H14FNO2S. The van der Waals surface area contributed by atoms with Crippen LogP contribution in [0.5, 0.6) is 0 Å². The number of anilines is 1. The highest BCUT2D eigenvalue weighted by atomic mass is 32.1. The van der Waals surface area contributed by atoms with Crippen molar-refractivity contribution >= 4 is 23.0 Å². The van der Waals surface area contributed by atoms with Crippen LogP contribution in [-0.2, 0) is 0 Å². The fourth-order valence-corrected chi connectivity index (χ4v) is 2.64. The number of benzene rings is 1. The molecule has 5 heteroatoms. The lowest BCUT2D eigenvalue weighted by Crippen LogP contribution is -2.07. The highest BCUT2D eigenvalue weighted by molar-refractivity contribution is 7.12. The van der Waals surface area contributed by atoms with Crippen LogP contribution in [0, 0.1) is 12.7 Å². The summed E-state index contributed by atoms with van der Waals surface area (Å²) in [6, 6.07) is 7.86. The van der Waals surface area contributed by atoms with Gasteiger partial charge in [0.1, 0.15) is 5.82 Å². The summed E-state index contributed by atoms with van der Waals surface area (Å²) in [5.74, 6) is -1.69. The first-order chi connectivity index (χ1) is 8.97. The van der Waals surface area contributed by atoms with E-state index in [1.807, 2.05) is 26.0 Å². The lowest BCUT2D eigenvalue weighted by atomic mass is 10.2. The molecule has 1 aromatic carbocycles. The third kappa shape index (κ3) is 3.12. The van der Waals surface area contributed by atoms with Crippen molar-refractivity contribution in [1.29, 1.82) is 0 Å². The molecule has 0 bridgehead atoms. The lowest BCUT2D eigenvalue weighted by molar-refractivity contribution is 0.0696. The molecule has 0 radical (unpaired) electrons. The van der Waals surface area contributed by atoms with Crippen LogP contribution in [0.4, 0.5) is 10.1 Å². The van der Waals surface area contributed by atoms with Crippen LogP contribution in [0.1, 0.15) is 33.1 Å². The second-order valence-corrected chi connectivity index (χ2v) is 5.63. The largest absolute Gasteiger partial charge is 0.478 e. The zero-order valence-corrected chi connectivity index (χ0v) is 11.4. The highest BCUT2D eigenvalue weighted by Gasteiger charge is 2.12. The molecule has 19 heavy (non-hydrogen) atoms. The van der Waals surface area contributed by atoms with Crippen molar-refractivity contribution in [2.75, 3.05) is 5.32 Å². The number of halogens is 1. The van der Waals surface area contributed by atoms with Crippen LogP contribution < -0.4 is 5.32 Å². The molecule has 1 unspecified atom stereocenters. The molecule has 1 heterocycles. The average Bonchev–Trinajstić information content (AvgIpc) is 2.78.